The third-order valence-electron chi connectivity index (χ3n) is 2.49. The van der Waals surface area contributed by atoms with E-state index < -0.39 is 24.9 Å². The summed E-state index contributed by atoms with van der Waals surface area (Å²) >= 11 is 0. The van der Waals surface area contributed by atoms with Crippen molar-refractivity contribution in [3.8, 4) is 0 Å². The van der Waals surface area contributed by atoms with E-state index in [0.717, 1.165) is 12.2 Å². The maximum absolute atomic E-state index is 11.0. The van der Waals surface area contributed by atoms with Crippen LogP contribution >= 0.6 is 7.60 Å². The highest BCUT2D eigenvalue weighted by Crippen LogP contribution is 2.51. The number of rotatable bonds is 4. The number of carboxylic acids is 1. The lowest BCUT2D eigenvalue weighted by Gasteiger charge is -2.26. The van der Waals surface area contributed by atoms with Crippen LogP contribution in [0.5, 0.6) is 0 Å². The summed E-state index contributed by atoms with van der Waals surface area (Å²) in [6.07, 6.45) is 4.70. The van der Waals surface area contributed by atoms with E-state index in [1.54, 1.807) is 0 Å². The van der Waals surface area contributed by atoms with Crippen molar-refractivity contribution in [2.75, 3.05) is 0 Å². The number of carbonyl (C=O) groups is 1. The first-order valence-electron chi connectivity index (χ1n) is 4.81. The van der Waals surface area contributed by atoms with E-state index >= 15 is 0 Å². The van der Waals surface area contributed by atoms with Crippen LogP contribution < -0.4 is 5.73 Å². The Bertz CT molecular complexity index is 398. The van der Waals surface area contributed by atoms with Crippen LogP contribution in [0.15, 0.2) is 24.3 Å². The van der Waals surface area contributed by atoms with Gasteiger partial charge in [-0.05, 0) is 24.5 Å². The number of carboxylic acid groups (broad SMARTS) is 1. The van der Waals surface area contributed by atoms with Crippen LogP contribution in [0.4, 0.5) is 0 Å². The van der Waals surface area contributed by atoms with Crippen molar-refractivity contribution in [2.24, 2.45) is 11.7 Å². The minimum absolute atomic E-state index is 0.0968. The van der Waals surface area contributed by atoms with Crippen molar-refractivity contribution >= 4 is 13.6 Å². The molecule has 6 N–H and O–H groups in total. The standard InChI is InChI=1S/C9H14NO6P/c10-7(8(11)12)5-6-1-3-9(13,4-2-6)17(14,15)16/h1-4,6-7,13H,5,10H2,(H,11,12)(H2,14,15,16)/t6?,7-,9?/m0/s1. The summed E-state index contributed by atoms with van der Waals surface area (Å²) in [7, 11) is -4.70. The Morgan fingerprint density at radius 1 is 1.41 bits per heavy atom. The molecule has 0 radical (unpaired) electrons. The Balaban J connectivity index is 2.72. The molecule has 96 valence electrons. The molecule has 0 aliphatic heterocycles. The first kappa shape index (κ1) is 14.1. The molecule has 8 heteroatoms. The normalized spacial score (nSPS) is 30.2. The Labute approximate surface area is 97.4 Å². The van der Waals surface area contributed by atoms with Gasteiger partial charge in [-0.2, -0.15) is 0 Å². The first-order valence-corrected chi connectivity index (χ1v) is 6.42. The zero-order valence-corrected chi connectivity index (χ0v) is 9.70. The molecule has 17 heavy (non-hydrogen) atoms. The third-order valence-corrected chi connectivity index (χ3v) is 3.72. The predicted molar refractivity (Wildman–Crippen MR) is 59.0 cm³/mol. The molecule has 1 rings (SSSR count). The molecule has 0 saturated heterocycles. The van der Waals surface area contributed by atoms with Crippen molar-refractivity contribution < 1.29 is 29.4 Å². The smallest absolute Gasteiger partial charge is 0.364 e. The molecule has 1 atom stereocenters. The van der Waals surface area contributed by atoms with Gasteiger partial charge in [-0.1, -0.05) is 12.2 Å². The van der Waals surface area contributed by atoms with Crippen LogP contribution in [0.3, 0.4) is 0 Å². The van der Waals surface area contributed by atoms with Gasteiger partial charge in [-0.3, -0.25) is 9.36 Å². The van der Waals surface area contributed by atoms with E-state index in [-0.39, 0.29) is 12.3 Å². The Hall–Kier alpha value is -0.980. The lowest BCUT2D eigenvalue weighted by molar-refractivity contribution is -0.138. The molecule has 0 bridgehead atoms. The lowest BCUT2D eigenvalue weighted by atomic mass is 9.95. The van der Waals surface area contributed by atoms with Gasteiger partial charge in [0.1, 0.15) is 6.04 Å². The quantitative estimate of drug-likeness (QED) is 0.336. The fourth-order valence-corrected chi connectivity index (χ4v) is 1.96. The van der Waals surface area contributed by atoms with Gasteiger partial charge >= 0.3 is 13.6 Å². The zero-order valence-electron chi connectivity index (χ0n) is 8.80. The number of hydrogen-bond acceptors (Lipinski definition) is 4. The number of aliphatic hydroxyl groups is 1. The van der Waals surface area contributed by atoms with Crippen LogP contribution in [0, 0.1) is 5.92 Å². The fraction of sp³-hybridized carbons (Fsp3) is 0.444. The summed E-state index contributed by atoms with van der Waals surface area (Å²) in [5.74, 6) is -1.52. The molecule has 0 amide bonds. The molecule has 0 spiro atoms. The minimum atomic E-state index is -4.70. The molecule has 0 fully saturated rings. The van der Waals surface area contributed by atoms with Crippen LogP contribution in [0.1, 0.15) is 6.42 Å². The summed E-state index contributed by atoms with van der Waals surface area (Å²) in [4.78, 5) is 28.3. The molecule has 0 unspecified atom stereocenters. The largest absolute Gasteiger partial charge is 0.480 e. The maximum Gasteiger partial charge on any atom is 0.364 e. The highest BCUT2D eigenvalue weighted by atomic mass is 31.2. The monoisotopic (exact) mass is 263 g/mol. The molecular weight excluding hydrogens is 249 g/mol. The van der Waals surface area contributed by atoms with E-state index in [9.17, 15) is 14.5 Å². The highest BCUT2D eigenvalue weighted by molar-refractivity contribution is 7.53. The minimum Gasteiger partial charge on any atom is -0.480 e. The van der Waals surface area contributed by atoms with Crippen molar-refractivity contribution in [3.05, 3.63) is 24.3 Å². The Morgan fingerprint density at radius 3 is 2.24 bits per heavy atom. The van der Waals surface area contributed by atoms with Gasteiger partial charge in [0.25, 0.3) is 0 Å². The number of allylic oxidation sites excluding steroid dienone is 2. The molecule has 0 saturated carbocycles. The molecule has 1 aliphatic carbocycles. The van der Waals surface area contributed by atoms with Gasteiger partial charge in [-0.25, -0.2) is 0 Å². The summed E-state index contributed by atoms with van der Waals surface area (Å²) in [5.41, 5.74) is 5.32. The van der Waals surface area contributed by atoms with Crippen LogP contribution in [0.25, 0.3) is 0 Å². The molecule has 0 aromatic rings. The molecular formula is C9H14NO6P. The fourth-order valence-electron chi connectivity index (χ4n) is 1.40. The first-order chi connectivity index (χ1) is 7.66. The molecule has 0 aromatic carbocycles. The van der Waals surface area contributed by atoms with Gasteiger partial charge in [-0.15, -0.1) is 0 Å². The van der Waals surface area contributed by atoms with Crippen molar-refractivity contribution in [1.29, 1.82) is 0 Å². The molecule has 0 aromatic heterocycles. The summed E-state index contributed by atoms with van der Waals surface area (Å²) < 4.78 is 11.0. The van der Waals surface area contributed by atoms with Gasteiger partial charge in [0.15, 0.2) is 0 Å². The molecule has 0 heterocycles. The van der Waals surface area contributed by atoms with E-state index in [4.69, 9.17) is 20.6 Å². The van der Waals surface area contributed by atoms with Gasteiger partial charge in [0.05, 0.1) is 0 Å². The second-order valence-electron chi connectivity index (χ2n) is 3.89. The zero-order chi connectivity index (χ0) is 13.3. The van der Waals surface area contributed by atoms with Crippen LogP contribution in [-0.2, 0) is 9.36 Å². The summed E-state index contributed by atoms with van der Waals surface area (Å²) in [6.45, 7) is 0. The van der Waals surface area contributed by atoms with E-state index in [1.807, 2.05) is 0 Å². The average Bonchev–Trinajstić information content (AvgIpc) is 2.19. The van der Waals surface area contributed by atoms with Crippen LogP contribution in [0.2, 0.25) is 0 Å². The predicted octanol–water partition coefficient (Wildman–Crippen LogP) is -0.603. The molecule has 7 nitrogen and oxygen atoms in total. The second-order valence-corrected chi connectivity index (χ2v) is 5.69. The van der Waals surface area contributed by atoms with E-state index in [0.29, 0.717) is 0 Å². The summed E-state index contributed by atoms with van der Waals surface area (Å²) in [6, 6.07) is -1.06. The van der Waals surface area contributed by atoms with Crippen molar-refractivity contribution in [1.82, 2.24) is 0 Å². The van der Waals surface area contributed by atoms with Gasteiger partial charge in [0.2, 0.25) is 5.34 Å². The van der Waals surface area contributed by atoms with E-state index in [2.05, 4.69) is 0 Å². The maximum atomic E-state index is 11.0. The third kappa shape index (κ3) is 3.24. The molecule has 1 aliphatic rings. The van der Waals surface area contributed by atoms with Crippen molar-refractivity contribution in [3.63, 3.8) is 0 Å². The lowest BCUT2D eigenvalue weighted by Crippen LogP contribution is -2.33. The highest BCUT2D eigenvalue weighted by Gasteiger charge is 2.42. The Morgan fingerprint density at radius 2 is 1.88 bits per heavy atom. The average molecular weight is 263 g/mol. The van der Waals surface area contributed by atoms with Gasteiger partial charge < -0.3 is 25.7 Å². The van der Waals surface area contributed by atoms with Crippen molar-refractivity contribution in [2.45, 2.75) is 17.8 Å². The number of hydrogen-bond donors (Lipinski definition) is 5. The second kappa shape index (κ2) is 4.72. The topological polar surface area (TPSA) is 141 Å². The Kier molecular flexibility index (Phi) is 3.91. The van der Waals surface area contributed by atoms with E-state index in [1.165, 1.54) is 12.2 Å². The summed E-state index contributed by atoms with van der Waals surface area (Å²) in [5, 5.41) is 15.9. The number of aliphatic carboxylic acids is 1. The number of nitrogens with two attached hydrogens (primary N) is 1. The van der Waals surface area contributed by atoms with Gasteiger partial charge in [0, 0.05) is 0 Å². The van der Waals surface area contributed by atoms with Crippen LogP contribution in [-0.4, -0.2) is 37.4 Å². The SMILES string of the molecule is N[C@@H](CC1C=CC(O)(P(=O)(O)O)C=C1)C(=O)O.